The summed E-state index contributed by atoms with van der Waals surface area (Å²) >= 11 is 3.12. The van der Waals surface area contributed by atoms with Crippen LogP contribution < -0.4 is 5.32 Å². The van der Waals surface area contributed by atoms with Gasteiger partial charge >= 0.3 is 5.97 Å². The van der Waals surface area contributed by atoms with Crippen molar-refractivity contribution in [2.24, 2.45) is 0 Å². The second-order valence-corrected chi connectivity index (χ2v) is 5.41. The molecule has 0 heterocycles. The molecule has 0 saturated carbocycles. The summed E-state index contributed by atoms with van der Waals surface area (Å²) in [5, 5.41) is 12.2. The van der Waals surface area contributed by atoms with Crippen LogP contribution in [0.2, 0.25) is 0 Å². The Bertz CT molecular complexity index is 686. The van der Waals surface area contributed by atoms with Gasteiger partial charge in [0.15, 0.2) is 0 Å². The maximum absolute atomic E-state index is 13.6. The van der Waals surface area contributed by atoms with Crippen LogP contribution in [-0.2, 0) is 0 Å². The maximum atomic E-state index is 13.6. The van der Waals surface area contributed by atoms with E-state index in [9.17, 15) is 14.3 Å². The standard InChI is InChI=1S/C15H13BrFNO2/c1-8-3-4-10(15(19)20)14(5-8)18-13-7-12(17)11(16)6-9(13)2/h3-7,18H,1-2H3,(H,19,20). The Hall–Kier alpha value is -1.88. The van der Waals surface area contributed by atoms with Crippen LogP contribution in [0.15, 0.2) is 34.8 Å². The maximum Gasteiger partial charge on any atom is 0.337 e. The number of halogens is 2. The first kappa shape index (κ1) is 14.5. The van der Waals surface area contributed by atoms with Crippen LogP contribution in [-0.4, -0.2) is 11.1 Å². The molecule has 0 saturated heterocycles. The summed E-state index contributed by atoms with van der Waals surface area (Å²) in [6.45, 7) is 3.69. The number of aromatic carboxylic acids is 1. The predicted molar refractivity (Wildman–Crippen MR) is 80.3 cm³/mol. The summed E-state index contributed by atoms with van der Waals surface area (Å²) in [6.07, 6.45) is 0. The molecule has 2 aromatic carbocycles. The van der Waals surface area contributed by atoms with Crippen LogP contribution in [0.4, 0.5) is 15.8 Å². The fraction of sp³-hybridized carbons (Fsp3) is 0.133. The lowest BCUT2D eigenvalue weighted by atomic mass is 10.1. The van der Waals surface area contributed by atoms with Crippen molar-refractivity contribution >= 4 is 33.3 Å². The minimum Gasteiger partial charge on any atom is -0.478 e. The van der Waals surface area contributed by atoms with Gasteiger partial charge in [0.05, 0.1) is 15.7 Å². The summed E-state index contributed by atoms with van der Waals surface area (Å²) in [4.78, 5) is 11.2. The Morgan fingerprint density at radius 1 is 1.20 bits per heavy atom. The third-order valence-corrected chi connectivity index (χ3v) is 3.55. The van der Waals surface area contributed by atoms with Gasteiger partial charge in [-0.25, -0.2) is 9.18 Å². The number of carboxylic acids is 1. The van der Waals surface area contributed by atoms with Gasteiger partial charge in [-0.2, -0.15) is 0 Å². The predicted octanol–water partition coefficient (Wildman–Crippen LogP) is 4.65. The van der Waals surface area contributed by atoms with Crippen LogP contribution in [0.3, 0.4) is 0 Å². The van der Waals surface area contributed by atoms with Gasteiger partial charge in [-0.3, -0.25) is 0 Å². The van der Waals surface area contributed by atoms with Crippen molar-refractivity contribution in [2.75, 3.05) is 5.32 Å². The highest BCUT2D eigenvalue weighted by atomic mass is 79.9. The van der Waals surface area contributed by atoms with Crippen LogP contribution >= 0.6 is 15.9 Å². The molecular weight excluding hydrogens is 325 g/mol. The molecule has 2 aromatic rings. The van der Waals surface area contributed by atoms with E-state index in [-0.39, 0.29) is 5.56 Å². The van der Waals surface area contributed by atoms with Gasteiger partial charge in [0.25, 0.3) is 0 Å². The first-order chi connectivity index (χ1) is 9.38. The van der Waals surface area contributed by atoms with E-state index in [1.54, 1.807) is 18.2 Å². The Labute approximate surface area is 124 Å². The molecule has 2 rings (SSSR count). The molecule has 0 aliphatic carbocycles. The first-order valence-electron chi connectivity index (χ1n) is 5.95. The van der Waals surface area contributed by atoms with Gasteiger partial charge < -0.3 is 10.4 Å². The quantitative estimate of drug-likeness (QED) is 0.857. The van der Waals surface area contributed by atoms with Gasteiger partial charge in [-0.15, -0.1) is 0 Å². The molecule has 0 atom stereocenters. The molecule has 0 aliphatic rings. The summed E-state index contributed by atoms with van der Waals surface area (Å²) in [6, 6.07) is 7.97. The van der Waals surface area contributed by atoms with Crippen molar-refractivity contribution in [3.63, 3.8) is 0 Å². The van der Waals surface area contributed by atoms with E-state index in [4.69, 9.17) is 0 Å². The second kappa shape index (κ2) is 5.63. The summed E-state index contributed by atoms with van der Waals surface area (Å²) in [5.41, 5.74) is 2.88. The van der Waals surface area contributed by atoms with Crippen molar-refractivity contribution in [1.82, 2.24) is 0 Å². The van der Waals surface area contributed by atoms with E-state index < -0.39 is 11.8 Å². The molecule has 0 unspecified atom stereocenters. The highest BCUT2D eigenvalue weighted by molar-refractivity contribution is 9.10. The average Bonchev–Trinajstić information content (AvgIpc) is 2.35. The lowest BCUT2D eigenvalue weighted by Gasteiger charge is -2.13. The van der Waals surface area contributed by atoms with Crippen LogP contribution in [0.5, 0.6) is 0 Å². The molecule has 0 fully saturated rings. The van der Waals surface area contributed by atoms with E-state index in [1.807, 2.05) is 13.8 Å². The van der Waals surface area contributed by atoms with Crippen molar-refractivity contribution in [3.8, 4) is 0 Å². The number of rotatable bonds is 3. The highest BCUT2D eigenvalue weighted by Gasteiger charge is 2.12. The Kier molecular flexibility index (Phi) is 4.09. The van der Waals surface area contributed by atoms with Gasteiger partial charge in [0, 0.05) is 5.69 Å². The number of hydrogen-bond acceptors (Lipinski definition) is 2. The molecule has 5 heteroatoms. The fourth-order valence-corrected chi connectivity index (χ4v) is 2.33. The molecule has 0 amide bonds. The Morgan fingerprint density at radius 3 is 2.55 bits per heavy atom. The smallest absolute Gasteiger partial charge is 0.337 e. The van der Waals surface area contributed by atoms with Crippen LogP contribution in [0.1, 0.15) is 21.5 Å². The lowest BCUT2D eigenvalue weighted by Crippen LogP contribution is -2.04. The van der Waals surface area contributed by atoms with Gasteiger partial charge in [0.1, 0.15) is 5.82 Å². The van der Waals surface area contributed by atoms with E-state index in [0.717, 1.165) is 11.1 Å². The monoisotopic (exact) mass is 337 g/mol. The molecule has 104 valence electrons. The van der Waals surface area contributed by atoms with Gasteiger partial charge in [0.2, 0.25) is 0 Å². The molecule has 0 spiro atoms. The number of aryl methyl sites for hydroxylation is 2. The summed E-state index contributed by atoms with van der Waals surface area (Å²) < 4.78 is 14.0. The lowest BCUT2D eigenvalue weighted by molar-refractivity contribution is 0.0698. The number of carboxylic acid groups (broad SMARTS) is 1. The minimum atomic E-state index is -1.03. The first-order valence-corrected chi connectivity index (χ1v) is 6.74. The molecule has 0 aliphatic heterocycles. The van der Waals surface area contributed by atoms with E-state index >= 15 is 0 Å². The molecule has 0 aromatic heterocycles. The third-order valence-electron chi connectivity index (χ3n) is 2.94. The zero-order chi connectivity index (χ0) is 14.9. The zero-order valence-corrected chi connectivity index (χ0v) is 12.6. The van der Waals surface area contributed by atoms with Gasteiger partial charge in [-0.05, 0) is 65.2 Å². The Morgan fingerprint density at radius 2 is 1.90 bits per heavy atom. The zero-order valence-electron chi connectivity index (χ0n) is 11.0. The summed E-state index contributed by atoms with van der Waals surface area (Å²) in [5.74, 6) is -1.43. The number of benzene rings is 2. The van der Waals surface area contributed by atoms with Crippen molar-refractivity contribution < 1.29 is 14.3 Å². The van der Waals surface area contributed by atoms with E-state index in [2.05, 4.69) is 21.2 Å². The minimum absolute atomic E-state index is 0.151. The second-order valence-electron chi connectivity index (χ2n) is 4.56. The SMILES string of the molecule is Cc1ccc(C(=O)O)c(Nc2cc(F)c(Br)cc2C)c1. The van der Waals surface area contributed by atoms with Crippen LogP contribution in [0.25, 0.3) is 0 Å². The average molecular weight is 338 g/mol. The highest BCUT2D eigenvalue weighted by Crippen LogP contribution is 2.28. The van der Waals surface area contributed by atoms with Crippen molar-refractivity contribution in [1.29, 1.82) is 0 Å². The fourth-order valence-electron chi connectivity index (χ4n) is 1.87. The van der Waals surface area contributed by atoms with Crippen LogP contribution in [0, 0.1) is 19.7 Å². The van der Waals surface area contributed by atoms with Crippen molar-refractivity contribution in [2.45, 2.75) is 13.8 Å². The number of anilines is 2. The molecule has 2 N–H and O–H groups in total. The normalized spacial score (nSPS) is 10.4. The third kappa shape index (κ3) is 2.99. The van der Waals surface area contributed by atoms with Gasteiger partial charge in [-0.1, -0.05) is 6.07 Å². The summed E-state index contributed by atoms with van der Waals surface area (Å²) in [7, 11) is 0. The number of carbonyl (C=O) groups is 1. The molecule has 0 bridgehead atoms. The molecular formula is C15H13BrFNO2. The molecule has 3 nitrogen and oxygen atoms in total. The van der Waals surface area contributed by atoms with E-state index in [0.29, 0.717) is 15.8 Å². The number of nitrogens with one attached hydrogen (secondary N) is 1. The largest absolute Gasteiger partial charge is 0.478 e. The van der Waals surface area contributed by atoms with Crippen molar-refractivity contribution in [3.05, 3.63) is 57.3 Å². The molecule has 0 radical (unpaired) electrons. The molecule has 20 heavy (non-hydrogen) atoms. The Balaban J connectivity index is 2.47. The topological polar surface area (TPSA) is 49.3 Å². The van der Waals surface area contributed by atoms with E-state index in [1.165, 1.54) is 12.1 Å². The number of hydrogen-bond donors (Lipinski definition) is 2.